The van der Waals surface area contributed by atoms with Crippen LogP contribution in [0.1, 0.15) is 25.5 Å². The van der Waals surface area contributed by atoms with Crippen molar-refractivity contribution in [3.05, 3.63) is 36.4 Å². The van der Waals surface area contributed by atoms with Crippen molar-refractivity contribution in [1.82, 2.24) is 20.1 Å². The average Bonchev–Trinajstić information content (AvgIpc) is 2.91. The van der Waals surface area contributed by atoms with E-state index in [0.717, 1.165) is 23.5 Å². The third-order valence-corrected chi connectivity index (χ3v) is 2.87. The highest BCUT2D eigenvalue weighted by molar-refractivity contribution is 5.50. The molecule has 2 rings (SSSR count). The Morgan fingerprint density at radius 1 is 1.44 bits per heavy atom. The van der Waals surface area contributed by atoms with Gasteiger partial charge in [-0.2, -0.15) is 5.10 Å². The highest BCUT2D eigenvalue weighted by Gasteiger charge is 2.16. The summed E-state index contributed by atoms with van der Waals surface area (Å²) in [5, 5.41) is 7.58. The van der Waals surface area contributed by atoms with Gasteiger partial charge in [0.15, 0.2) is 0 Å². The van der Waals surface area contributed by atoms with Crippen LogP contribution in [0.5, 0.6) is 5.75 Å². The molecule has 1 N–H and O–H groups in total. The fraction of sp³-hybridized carbons (Fsp3) is 0.385. The predicted molar refractivity (Wildman–Crippen MR) is 70.0 cm³/mol. The third-order valence-electron chi connectivity index (χ3n) is 2.87. The van der Waals surface area contributed by atoms with Crippen LogP contribution in [0.25, 0.3) is 5.69 Å². The summed E-state index contributed by atoms with van der Waals surface area (Å²) in [5.41, 5.74) is 2.08. The van der Waals surface area contributed by atoms with Gasteiger partial charge in [-0.15, -0.1) is 0 Å². The van der Waals surface area contributed by atoms with Crippen molar-refractivity contribution in [2.24, 2.45) is 0 Å². The second-order valence-electron chi connectivity index (χ2n) is 4.01. The number of aromatic nitrogens is 3. The second kappa shape index (κ2) is 5.64. The lowest BCUT2D eigenvalue weighted by Crippen LogP contribution is -2.20. The monoisotopic (exact) mass is 246 g/mol. The Kier molecular flexibility index (Phi) is 3.94. The number of methoxy groups -OCH3 is 1. The van der Waals surface area contributed by atoms with Crippen molar-refractivity contribution in [2.45, 2.75) is 19.9 Å². The third kappa shape index (κ3) is 2.36. The zero-order valence-corrected chi connectivity index (χ0v) is 10.9. The molecule has 1 aromatic heterocycles. The summed E-state index contributed by atoms with van der Waals surface area (Å²) in [7, 11) is 1.68. The Morgan fingerprint density at radius 3 is 2.89 bits per heavy atom. The zero-order chi connectivity index (χ0) is 13.0. The molecule has 18 heavy (non-hydrogen) atoms. The standard InChI is InChI=1S/C13H18N4O/c1-4-15-10(2)13-11(17-9-14-8-16-17)6-5-7-12(13)18-3/h5-10,15H,4H2,1-3H3. The van der Waals surface area contributed by atoms with Crippen molar-refractivity contribution in [3.8, 4) is 11.4 Å². The Balaban J connectivity index is 2.52. The quantitative estimate of drug-likeness (QED) is 0.876. The Bertz CT molecular complexity index is 496. The normalized spacial score (nSPS) is 12.4. The van der Waals surface area contributed by atoms with E-state index < -0.39 is 0 Å². The maximum absolute atomic E-state index is 5.45. The summed E-state index contributed by atoms with van der Waals surface area (Å²) in [4.78, 5) is 3.99. The van der Waals surface area contributed by atoms with Crippen LogP contribution < -0.4 is 10.1 Å². The first kappa shape index (κ1) is 12.6. The number of ether oxygens (including phenoxy) is 1. The van der Waals surface area contributed by atoms with Crippen LogP contribution in [0.15, 0.2) is 30.9 Å². The second-order valence-corrected chi connectivity index (χ2v) is 4.01. The van der Waals surface area contributed by atoms with Crippen molar-refractivity contribution in [1.29, 1.82) is 0 Å². The van der Waals surface area contributed by atoms with E-state index in [1.807, 2.05) is 18.2 Å². The number of benzene rings is 1. The number of nitrogens with one attached hydrogen (secondary N) is 1. The van der Waals surface area contributed by atoms with Crippen LogP contribution in [0.3, 0.4) is 0 Å². The molecule has 0 aliphatic carbocycles. The Morgan fingerprint density at radius 2 is 2.28 bits per heavy atom. The number of hydrogen-bond acceptors (Lipinski definition) is 4. The smallest absolute Gasteiger partial charge is 0.138 e. The van der Waals surface area contributed by atoms with Gasteiger partial charge in [0.1, 0.15) is 18.4 Å². The fourth-order valence-corrected chi connectivity index (χ4v) is 2.09. The average molecular weight is 246 g/mol. The van der Waals surface area contributed by atoms with Crippen LogP contribution in [0.2, 0.25) is 0 Å². The summed E-state index contributed by atoms with van der Waals surface area (Å²) in [6, 6.07) is 6.12. The van der Waals surface area contributed by atoms with Gasteiger partial charge >= 0.3 is 0 Å². The molecule has 0 amide bonds. The molecule has 0 fully saturated rings. The minimum Gasteiger partial charge on any atom is -0.496 e. The van der Waals surface area contributed by atoms with E-state index >= 15 is 0 Å². The van der Waals surface area contributed by atoms with Gasteiger partial charge in [0.2, 0.25) is 0 Å². The van der Waals surface area contributed by atoms with Crippen LogP contribution in [-0.4, -0.2) is 28.4 Å². The van der Waals surface area contributed by atoms with E-state index in [0.29, 0.717) is 0 Å². The molecule has 0 aliphatic rings. The Hall–Kier alpha value is -1.88. The van der Waals surface area contributed by atoms with Gasteiger partial charge in [0.05, 0.1) is 12.8 Å². The highest BCUT2D eigenvalue weighted by Crippen LogP contribution is 2.30. The first-order chi connectivity index (χ1) is 8.77. The topological polar surface area (TPSA) is 52.0 Å². The lowest BCUT2D eigenvalue weighted by molar-refractivity contribution is 0.401. The van der Waals surface area contributed by atoms with Crippen LogP contribution in [-0.2, 0) is 0 Å². The molecular formula is C13H18N4O. The molecule has 5 nitrogen and oxygen atoms in total. The maximum Gasteiger partial charge on any atom is 0.138 e. The molecule has 96 valence electrons. The molecule has 0 spiro atoms. The number of nitrogens with zero attached hydrogens (tertiary/aromatic N) is 3. The number of hydrogen-bond donors (Lipinski definition) is 1. The van der Waals surface area contributed by atoms with Gasteiger partial charge in [-0.3, -0.25) is 0 Å². The summed E-state index contributed by atoms with van der Waals surface area (Å²) in [5.74, 6) is 0.858. The largest absolute Gasteiger partial charge is 0.496 e. The maximum atomic E-state index is 5.45. The first-order valence-electron chi connectivity index (χ1n) is 6.03. The lowest BCUT2D eigenvalue weighted by atomic mass is 10.0. The molecule has 1 unspecified atom stereocenters. The minimum absolute atomic E-state index is 0.186. The SMILES string of the molecule is CCNC(C)c1c(OC)cccc1-n1cncn1. The van der Waals surface area contributed by atoms with E-state index in [1.165, 1.54) is 6.33 Å². The van der Waals surface area contributed by atoms with E-state index in [1.54, 1.807) is 18.1 Å². The summed E-state index contributed by atoms with van der Waals surface area (Å²) in [6.45, 7) is 5.10. The summed E-state index contributed by atoms with van der Waals surface area (Å²) in [6.07, 6.45) is 3.22. The minimum atomic E-state index is 0.186. The van der Waals surface area contributed by atoms with Gasteiger partial charge in [-0.1, -0.05) is 13.0 Å². The fourth-order valence-electron chi connectivity index (χ4n) is 2.09. The molecule has 0 bridgehead atoms. The van der Waals surface area contributed by atoms with Crippen LogP contribution >= 0.6 is 0 Å². The van der Waals surface area contributed by atoms with Gasteiger partial charge in [0.25, 0.3) is 0 Å². The van der Waals surface area contributed by atoms with E-state index in [9.17, 15) is 0 Å². The number of rotatable bonds is 5. The molecular weight excluding hydrogens is 228 g/mol. The molecule has 1 atom stereocenters. The lowest BCUT2D eigenvalue weighted by Gasteiger charge is -2.20. The van der Waals surface area contributed by atoms with Crippen molar-refractivity contribution in [3.63, 3.8) is 0 Å². The highest BCUT2D eigenvalue weighted by atomic mass is 16.5. The van der Waals surface area contributed by atoms with E-state index in [4.69, 9.17) is 4.74 Å². The molecule has 1 aromatic carbocycles. The van der Waals surface area contributed by atoms with Crippen LogP contribution in [0, 0.1) is 0 Å². The summed E-state index contributed by atoms with van der Waals surface area (Å²) >= 11 is 0. The molecule has 1 heterocycles. The predicted octanol–water partition coefficient (Wildman–Crippen LogP) is 1.95. The molecule has 5 heteroatoms. The van der Waals surface area contributed by atoms with Gasteiger partial charge < -0.3 is 10.1 Å². The zero-order valence-electron chi connectivity index (χ0n) is 10.9. The van der Waals surface area contributed by atoms with Crippen molar-refractivity contribution in [2.75, 3.05) is 13.7 Å². The molecule has 2 aromatic rings. The Labute approximate surface area is 107 Å². The summed E-state index contributed by atoms with van der Waals surface area (Å²) < 4.78 is 7.21. The van der Waals surface area contributed by atoms with E-state index in [2.05, 4.69) is 29.2 Å². The molecule has 0 saturated heterocycles. The van der Waals surface area contributed by atoms with Gasteiger partial charge in [0, 0.05) is 11.6 Å². The molecule has 0 aliphatic heterocycles. The van der Waals surface area contributed by atoms with E-state index in [-0.39, 0.29) is 6.04 Å². The van der Waals surface area contributed by atoms with Crippen LogP contribution in [0.4, 0.5) is 0 Å². The van der Waals surface area contributed by atoms with Crippen molar-refractivity contribution >= 4 is 0 Å². The van der Waals surface area contributed by atoms with Gasteiger partial charge in [-0.25, -0.2) is 9.67 Å². The molecule has 0 radical (unpaired) electrons. The van der Waals surface area contributed by atoms with Gasteiger partial charge in [-0.05, 0) is 25.6 Å². The first-order valence-corrected chi connectivity index (χ1v) is 6.03. The molecule has 0 saturated carbocycles. The van der Waals surface area contributed by atoms with Crippen molar-refractivity contribution < 1.29 is 4.74 Å².